The summed E-state index contributed by atoms with van der Waals surface area (Å²) in [6.45, 7) is 15.4. The van der Waals surface area contributed by atoms with Crippen molar-refractivity contribution < 1.29 is 33.8 Å². The van der Waals surface area contributed by atoms with Crippen LogP contribution < -0.4 is 20.7 Å². The fourth-order valence-electron chi connectivity index (χ4n) is 8.02. The van der Waals surface area contributed by atoms with Gasteiger partial charge in [-0.3, -0.25) is 24.1 Å². The highest BCUT2D eigenvalue weighted by molar-refractivity contribution is 7.09. The smallest absolute Gasteiger partial charge is 0.311 e. The summed E-state index contributed by atoms with van der Waals surface area (Å²) >= 11 is 1.35. The van der Waals surface area contributed by atoms with Gasteiger partial charge in [-0.05, 0) is 94.3 Å². The van der Waals surface area contributed by atoms with Crippen molar-refractivity contribution in [3.8, 4) is 5.75 Å². The lowest BCUT2D eigenvalue weighted by molar-refractivity contribution is -0.143. The number of carboxylic acid groups (broad SMARTS) is 1. The summed E-state index contributed by atoms with van der Waals surface area (Å²) in [5.41, 5.74) is 1.84. The molecule has 2 aliphatic rings. The van der Waals surface area contributed by atoms with Crippen molar-refractivity contribution in [3.05, 3.63) is 45.4 Å². The minimum absolute atomic E-state index is 0.0575. The van der Waals surface area contributed by atoms with E-state index in [1.807, 2.05) is 45.0 Å². The van der Waals surface area contributed by atoms with Crippen LogP contribution in [-0.4, -0.2) is 115 Å². The van der Waals surface area contributed by atoms with Gasteiger partial charge in [0.1, 0.15) is 35.2 Å². The van der Waals surface area contributed by atoms with Crippen molar-refractivity contribution in [1.29, 1.82) is 0 Å². The number of amides is 3. The lowest BCUT2D eigenvalue weighted by Gasteiger charge is -2.40. The zero-order valence-electron chi connectivity index (χ0n) is 35.5. The number of hydrogen-bond acceptors (Lipinski definition) is 10. The normalized spacial score (nSPS) is 20.5. The van der Waals surface area contributed by atoms with Gasteiger partial charge in [-0.15, -0.1) is 11.3 Å². The van der Waals surface area contributed by atoms with Crippen LogP contribution in [0.5, 0.6) is 5.75 Å². The molecule has 1 aromatic heterocycles. The van der Waals surface area contributed by atoms with Gasteiger partial charge in [-0.2, -0.15) is 0 Å². The molecule has 2 heterocycles. The van der Waals surface area contributed by atoms with E-state index in [1.54, 1.807) is 11.4 Å². The van der Waals surface area contributed by atoms with Gasteiger partial charge in [-0.25, -0.2) is 4.98 Å². The molecule has 14 heteroatoms. The molecule has 1 aliphatic carbocycles. The van der Waals surface area contributed by atoms with Gasteiger partial charge in [0.05, 0.1) is 12.0 Å². The SMILES string of the molecule is CCCO[C@H](CC(C(C)C)N(CCC)C(=O)[C@@H](NC(=O)[C@H]1CCCCN1C)[C@@H](C)CC)c1nc(C(=O)N[C@H]2Cc3ccc(OCCNC)cc3[C@H](C(=O)O)C2)cs1. The van der Waals surface area contributed by atoms with Crippen LogP contribution in [0.15, 0.2) is 23.6 Å². The van der Waals surface area contributed by atoms with Crippen LogP contribution in [-0.2, 0) is 25.5 Å². The molecule has 1 aliphatic heterocycles. The van der Waals surface area contributed by atoms with Crippen molar-refractivity contribution >= 4 is 35.0 Å². The Bertz CT molecular complexity index is 1620. The first kappa shape index (κ1) is 46.1. The molecule has 0 bridgehead atoms. The maximum atomic E-state index is 14.7. The highest BCUT2D eigenvalue weighted by Crippen LogP contribution is 2.36. The van der Waals surface area contributed by atoms with Crippen LogP contribution in [0.4, 0.5) is 0 Å². The number of carbonyl (C=O) groups excluding carboxylic acids is 3. The summed E-state index contributed by atoms with van der Waals surface area (Å²) in [6.07, 6.45) is 5.89. The summed E-state index contributed by atoms with van der Waals surface area (Å²) in [5.74, 6) is -1.61. The summed E-state index contributed by atoms with van der Waals surface area (Å²) in [4.78, 5) is 63.2. The quantitative estimate of drug-likeness (QED) is 0.107. The number of nitrogens with one attached hydrogen (secondary N) is 3. The average molecular weight is 813 g/mol. The molecule has 4 rings (SSSR count). The van der Waals surface area contributed by atoms with E-state index in [0.717, 1.165) is 50.6 Å². The zero-order valence-corrected chi connectivity index (χ0v) is 36.3. The minimum atomic E-state index is -0.945. The second-order valence-electron chi connectivity index (χ2n) is 16.2. The van der Waals surface area contributed by atoms with Gasteiger partial charge in [0, 0.05) is 43.6 Å². The summed E-state index contributed by atoms with van der Waals surface area (Å²) in [5, 5.41) is 21.8. The molecule has 0 radical (unpaired) electrons. The summed E-state index contributed by atoms with van der Waals surface area (Å²) in [7, 11) is 3.82. The summed E-state index contributed by atoms with van der Waals surface area (Å²) in [6, 6.07) is 4.04. The second kappa shape index (κ2) is 22.5. The van der Waals surface area contributed by atoms with E-state index in [4.69, 9.17) is 14.5 Å². The number of likely N-dealkylation sites (N-methyl/N-ethyl adjacent to an activating group) is 2. The fourth-order valence-corrected chi connectivity index (χ4v) is 8.88. The number of carboxylic acids is 1. The molecule has 7 atom stereocenters. The predicted octanol–water partition coefficient (Wildman–Crippen LogP) is 5.79. The van der Waals surface area contributed by atoms with Gasteiger partial charge < -0.3 is 35.4 Å². The number of hydrogen-bond donors (Lipinski definition) is 4. The van der Waals surface area contributed by atoms with E-state index >= 15 is 0 Å². The number of ether oxygens (including phenoxy) is 2. The van der Waals surface area contributed by atoms with Crippen LogP contribution >= 0.6 is 11.3 Å². The number of rotatable bonds is 22. The largest absolute Gasteiger partial charge is 0.492 e. The highest BCUT2D eigenvalue weighted by Gasteiger charge is 2.39. The van der Waals surface area contributed by atoms with Crippen molar-refractivity contribution in [2.24, 2.45) is 11.8 Å². The molecule has 3 amide bonds. The third-order valence-electron chi connectivity index (χ3n) is 11.5. The minimum Gasteiger partial charge on any atom is -0.492 e. The molecule has 1 fully saturated rings. The molecule has 318 valence electrons. The number of carbonyl (C=O) groups is 4. The second-order valence-corrected chi connectivity index (χ2v) is 17.1. The van der Waals surface area contributed by atoms with Gasteiger partial charge in [-0.1, -0.05) is 60.5 Å². The Morgan fingerprint density at radius 3 is 2.51 bits per heavy atom. The van der Waals surface area contributed by atoms with Crippen LogP contribution in [0, 0.1) is 11.8 Å². The predicted molar refractivity (Wildman–Crippen MR) is 224 cm³/mol. The number of likely N-dealkylation sites (tertiary alicyclic amines) is 1. The third-order valence-corrected chi connectivity index (χ3v) is 12.4. The van der Waals surface area contributed by atoms with Gasteiger partial charge in [0.15, 0.2) is 0 Å². The van der Waals surface area contributed by atoms with E-state index in [9.17, 15) is 24.3 Å². The Labute approximate surface area is 344 Å². The molecule has 1 aromatic carbocycles. The topological polar surface area (TPSA) is 162 Å². The first-order valence-electron chi connectivity index (χ1n) is 21.1. The first-order chi connectivity index (χ1) is 27.3. The maximum absolute atomic E-state index is 14.7. The van der Waals surface area contributed by atoms with Crippen LogP contribution in [0.2, 0.25) is 0 Å². The van der Waals surface area contributed by atoms with Crippen molar-refractivity contribution in [1.82, 2.24) is 30.7 Å². The van der Waals surface area contributed by atoms with Gasteiger partial charge in [0.25, 0.3) is 5.91 Å². The number of benzene rings is 1. The molecule has 1 unspecified atom stereocenters. The molecule has 1 saturated heterocycles. The Kier molecular flexibility index (Phi) is 18.2. The highest BCUT2D eigenvalue weighted by atomic mass is 32.1. The molecule has 13 nitrogen and oxygen atoms in total. The number of piperidine rings is 1. The molecule has 4 N–H and O–H groups in total. The first-order valence-corrected chi connectivity index (χ1v) is 22.0. The Morgan fingerprint density at radius 1 is 1.09 bits per heavy atom. The Hall–Kier alpha value is -3.59. The standard InChI is InChI=1S/C43H68N6O7S/c1-9-18-49(42(52)38(28(6)11-3)47-40(51)35-14-12-13-19-48(35)8)36(27(4)5)25-37(56-20-10-2)41-46-34(26-57-41)39(50)45-30-22-29-15-16-31(55-21-17-44-7)24-32(29)33(23-30)43(53)54/h15-16,24,26-28,30,33,35-38,44H,9-14,17-23,25H2,1-8H3,(H,45,50)(H,47,51)(H,53,54)/t28-,30-,33+,35+,36?,37+,38-/m0/s1. The number of fused-ring (bicyclic) bond motifs is 1. The summed E-state index contributed by atoms with van der Waals surface area (Å²) < 4.78 is 12.2. The van der Waals surface area contributed by atoms with Crippen LogP contribution in [0.3, 0.4) is 0 Å². The van der Waals surface area contributed by atoms with E-state index in [1.165, 1.54) is 11.3 Å². The molecule has 57 heavy (non-hydrogen) atoms. The van der Waals surface area contributed by atoms with E-state index in [0.29, 0.717) is 55.5 Å². The average Bonchev–Trinajstić information content (AvgIpc) is 3.69. The molecular formula is C43H68N6O7S. The van der Waals surface area contributed by atoms with Crippen molar-refractivity contribution in [2.75, 3.05) is 46.9 Å². The molecule has 0 saturated carbocycles. The van der Waals surface area contributed by atoms with Crippen LogP contribution in [0.1, 0.15) is 132 Å². The number of aromatic nitrogens is 1. The third kappa shape index (κ3) is 12.5. The maximum Gasteiger partial charge on any atom is 0.311 e. The lowest BCUT2D eigenvalue weighted by atomic mass is 9.80. The zero-order chi connectivity index (χ0) is 41.6. The number of aliphatic carboxylic acids is 1. The van der Waals surface area contributed by atoms with Gasteiger partial charge in [0.2, 0.25) is 11.8 Å². The Balaban J connectivity index is 1.52. The fraction of sp³-hybridized carbons (Fsp3) is 0.698. The monoisotopic (exact) mass is 812 g/mol. The van der Waals surface area contributed by atoms with E-state index in [2.05, 4.69) is 48.5 Å². The van der Waals surface area contributed by atoms with Gasteiger partial charge >= 0.3 is 5.97 Å². The number of thiazole rings is 1. The lowest BCUT2D eigenvalue weighted by Crippen LogP contribution is -2.58. The van der Waals surface area contributed by atoms with Crippen molar-refractivity contribution in [2.45, 2.75) is 136 Å². The Morgan fingerprint density at radius 2 is 1.86 bits per heavy atom. The molecular weight excluding hydrogens is 745 g/mol. The number of nitrogens with zero attached hydrogens (tertiary/aromatic N) is 3. The van der Waals surface area contributed by atoms with Crippen molar-refractivity contribution in [3.63, 3.8) is 0 Å². The van der Waals surface area contributed by atoms with E-state index < -0.39 is 30.1 Å². The molecule has 2 aromatic rings. The van der Waals surface area contributed by atoms with E-state index in [-0.39, 0.29) is 53.8 Å². The molecule has 0 spiro atoms. The van der Waals surface area contributed by atoms with Crippen LogP contribution in [0.25, 0.3) is 0 Å².